The molecule has 0 fully saturated rings. The standard InChI is InChI=1S/C51H61N13O10S2/c1-49(2,3)64-28-35(56-59-64)26-62(16-11-15-54-57-52)25-34-27-63(58-55-34)17-10-14-53-47(65)31-12-13-36(39(18-31)48(66)67)46-40-19-37-32(29-75(68,69)70)23-50(4,5)60(8)42(37)21-44(40)74-45-22-43-38(20-41(45)46)33(30-76(71,72)73)24-51(6,7)61(43)9/h12-13,18-24,27-28H,10-11,14-17,25-26,29-30H2,1-9H3,(H3-,53,65,66,67,68,69,70,71,72,73)/p+1. The van der Waals surface area contributed by atoms with E-state index < -0.39 is 54.7 Å². The zero-order valence-corrected chi connectivity index (χ0v) is 45.4. The number of amides is 1. The number of nitrogens with one attached hydrogen (secondary N) is 1. The number of aromatic carboxylic acids is 1. The molecule has 0 radical (unpaired) electrons. The Balaban J connectivity index is 1.10. The fraction of sp³-hybridized carbons (Fsp3) is 0.431. The molecule has 0 unspecified atom stereocenters. The third-order valence-electron chi connectivity index (χ3n) is 13.8. The van der Waals surface area contributed by atoms with E-state index in [1.165, 1.54) is 18.2 Å². The minimum absolute atomic E-state index is 0.0562. The molecule has 3 aromatic carbocycles. The molecule has 5 aromatic rings. The third-order valence-corrected chi connectivity index (χ3v) is 15.2. The normalized spacial score (nSPS) is 15.7. The van der Waals surface area contributed by atoms with Crippen molar-refractivity contribution >= 4 is 54.5 Å². The maximum atomic E-state index is 13.8. The molecule has 0 aliphatic carbocycles. The number of azide groups is 1. The Morgan fingerprint density at radius 1 is 0.868 bits per heavy atom. The van der Waals surface area contributed by atoms with Crippen LogP contribution in [0.2, 0.25) is 0 Å². The number of carbonyl (C=O) groups is 2. The van der Waals surface area contributed by atoms with Crippen molar-refractivity contribution in [2.45, 2.75) is 97.6 Å². The Labute approximate surface area is 440 Å². The number of carboxylic acid groups (broad SMARTS) is 1. The summed E-state index contributed by atoms with van der Waals surface area (Å²) in [5.74, 6) is -2.73. The molecule has 1 amide bonds. The monoisotopic (exact) mass is 1080 g/mol. The highest BCUT2D eigenvalue weighted by atomic mass is 32.2. The summed E-state index contributed by atoms with van der Waals surface area (Å²) in [4.78, 5) is 34.1. The molecule has 3 aliphatic heterocycles. The summed E-state index contributed by atoms with van der Waals surface area (Å²) in [5, 5.41) is 35.7. The predicted molar refractivity (Wildman–Crippen MR) is 284 cm³/mol. The lowest BCUT2D eigenvalue weighted by Gasteiger charge is -2.41. The van der Waals surface area contributed by atoms with Crippen molar-refractivity contribution in [1.29, 1.82) is 0 Å². The average Bonchev–Trinajstić information content (AvgIpc) is 3.99. The first-order valence-corrected chi connectivity index (χ1v) is 27.7. The van der Waals surface area contributed by atoms with Crippen LogP contribution in [0.15, 0.2) is 72.1 Å². The maximum Gasteiger partial charge on any atom is 0.336 e. The van der Waals surface area contributed by atoms with Gasteiger partial charge in [0.15, 0.2) is 5.54 Å². The Kier molecular flexibility index (Phi) is 15.0. The van der Waals surface area contributed by atoms with Crippen molar-refractivity contribution < 1.29 is 45.4 Å². The lowest BCUT2D eigenvalue weighted by Crippen LogP contribution is -2.47. The number of anilines is 1. The van der Waals surface area contributed by atoms with E-state index in [2.05, 4.69) is 40.9 Å². The number of fused-ring (bicyclic) bond motifs is 4. The molecule has 25 heteroatoms. The molecule has 8 rings (SSSR count). The largest absolute Gasteiger partial charge is 0.478 e. The van der Waals surface area contributed by atoms with Crippen LogP contribution in [-0.4, -0.2) is 134 Å². The molecule has 0 saturated heterocycles. The van der Waals surface area contributed by atoms with Crippen molar-refractivity contribution in [3.05, 3.63) is 133 Å². The smallest absolute Gasteiger partial charge is 0.336 e. The van der Waals surface area contributed by atoms with E-state index in [4.69, 9.17) is 10.3 Å². The summed E-state index contributed by atoms with van der Waals surface area (Å²) in [6, 6.07) is 11.1. The predicted octanol–water partition coefficient (Wildman–Crippen LogP) is 4.88. The quantitative estimate of drug-likeness (QED) is 0.0210. The molecule has 4 N–H and O–H groups in total. The van der Waals surface area contributed by atoms with Gasteiger partial charge in [-0.2, -0.15) is 16.8 Å². The fourth-order valence-corrected chi connectivity index (χ4v) is 11.0. The minimum Gasteiger partial charge on any atom is -0.478 e. The SMILES string of the molecule is CN1c2cc3c(cc2C(CS(=O)(=O)O)=CC1(C)C)C(c1ccc(C(=O)NCCCn2cc(CN(CCCN=[N+]=[N-])Cc4cn(C(C)(C)C)nn4)nn2)cc1C(=O)O)=c1cc2c(cc1O3)=[N+](C)C(C)(C)C=C2CS(=O)(=O)O. The van der Waals surface area contributed by atoms with E-state index in [1.54, 1.807) is 45.8 Å². The van der Waals surface area contributed by atoms with Crippen LogP contribution in [0.25, 0.3) is 27.2 Å². The van der Waals surface area contributed by atoms with Gasteiger partial charge < -0.3 is 20.1 Å². The number of hydrogen-bond donors (Lipinski definition) is 4. The third kappa shape index (κ3) is 12.0. The molecule has 402 valence electrons. The number of hydrogen-bond acceptors (Lipinski definition) is 14. The highest BCUT2D eigenvalue weighted by Crippen LogP contribution is 2.47. The van der Waals surface area contributed by atoms with Gasteiger partial charge in [-0.1, -0.05) is 27.7 Å². The molecule has 2 aromatic heterocycles. The molecule has 3 aliphatic rings. The van der Waals surface area contributed by atoms with Crippen LogP contribution >= 0.6 is 0 Å². The van der Waals surface area contributed by atoms with Crippen LogP contribution < -0.4 is 30.1 Å². The Bertz CT molecular complexity index is 3660. The summed E-state index contributed by atoms with van der Waals surface area (Å²) in [5.41, 5.74) is 11.2. The van der Waals surface area contributed by atoms with E-state index in [-0.39, 0.29) is 28.8 Å². The number of rotatable bonds is 19. The summed E-state index contributed by atoms with van der Waals surface area (Å²) < 4.78 is 82.2. The van der Waals surface area contributed by atoms with Crippen LogP contribution in [0.4, 0.5) is 5.69 Å². The van der Waals surface area contributed by atoms with Gasteiger partial charge in [-0.3, -0.25) is 23.5 Å². The van der Waals surface area contributed by atoms with Crippen molar-refractivity contribution in [3.63, 3.8) is 0 Å². The number of aryl methyl sites for hydroxylation is 1. The molecule has 0 spiro atoms. The van der Waals surface area contributed by atoms with Crippen molar-refractivity contribution in [2.75, 3.05) is 50.1 Å². The van der Waals surface area contributed by atoms with Gasteiger partial charge in [0.25, 0.3) is 26.1 Å². The number of nitrogens with zero attached hydrogens (tertiary/aromatic N) is 12. The number of carboxylic acids is 1. The fourth-order valence-electron chi connectivity index (χ4n) is 9.70. The zero-order chi connectivity index (χ0) is 55.3. The van der Waals surface area contributed by atoms with Gasteiger partial charge in [-0.15, -0.1) is 10.2 Å². The molecule has 76 heavy (non-hydrogen) atoms. The van der Waals surface area contributed by atoms with Gasteiger partial charge in [0.2, 0.25) is 5.36 Å². The molecule has 0 bridgehead atoms. The summed E-state index contributed by atoms with van der Waals surface area (Å²) in [6.07, 6.45) is 8.27. The number of ether oxygens (including phenoxy) is 1. The second kappa shape index (κ2) is 20.7. The van der Waals surface area contributed by atoms with E-state index in [1.807, 2.05) is 84.4 Å². The van der Waals surface area contributed by atoms with Crippen molar-refractivity contribution in [2.24, 2.45) is 5.11 Å². The number of aromatic nitrogens is 6. The molecule has 0 saturated carbocycles. The molecular weight excluding hydrogens is 1020 g/mol. The zero-order valence-electron chi connectivity index (χ0n) is 43.8. The first-order chi connectivity index (χ1) is 35.5. The summed E-state index contributed by atoms with van der Waals surface area (Å²) >= 11 is 0. The van der Waals surface area contributed by atoms with Gasteiger partial charge in [0.05, 0.1) is 45.9 Å². The first-order valence-electron chi connectivity index (χ1n) is 24.5. The maximum absolute atomic E-state index is 13.8. The van der Waals surface area contributed by atoms with Gasteiger partial charge in [0.1, 0.15) is 30.1 Å². The van der Waals surface area contributed by atoms with Crippen LogP contribution in [0.5, 0.6) is 11.5 Å². The van der Waals surface area contributed by atoms with Crippen LogP contribution in [-0.2, 0) is 45.4 Å². The Morgan fingerprint density at radius 3 is 2.18 bits per heavy atom. The molecular formula is C51H62N13O10S2+. The molecule has 23 nitrogen and oxygen atoms in total. The lowest BCUT2D eigenvalue weighted by atomic mass is 9.83. The van der Waals surface area contributed by atoms with E-state index >= 15 is 0 Å². The van der Waals surface area contributed by atoms with Gasteiger partial charge in [-0.05, 0) is 107 Å². The van der Waals surface area contributed by atoms with E-state index in [0.29, 0.717) is 112 Å². The topological polar surface area (TPSA) is 304 Å². The molecule has 5 heterocycles. The summed E-state index contributed by atoms with van der Waals surface area (Å²) in [6.45, 7) is 16.1. The second-order valence-corrected chi connectivity index (χ2v) is 24.3. The second-order valence-electron chi connectivity index (χ2n) is 21.4. The Hall–Kier alpha value is -7.28. The van der Waals surface area contributed by atoms with Gasteiger partial charge >= 0.3 is 5.97 Å². The minimum atomic E-state index is -4.53. The van der Waals surface area contributed by atoms with E-state index in [0.717, 1.165) is 5.69 Å². The molecule has 0 atom stereocenters. The van der Waals surface area contributed by atoms with Gasteiger partial charge in [0, 0.05) is 104 Å². The highest BCUT2D eigenvalue weighted by Gasteiger charge is 2.38. The first kappa shape index (κ1) is 55.0. The van der Waals surface area contributed by atoms with Crippen LogP contribution in [0.3, 0.4) is 0 Å². The summed E-state index contributed by atoms with van der Waals surface area (Å²) in [7, 11) is -5.40. The van der Waals surface area contributed by atoms with Crippen LogP contribution in [0, 0.1) is 0 Å². The number of likely N-dealkylation sites (N-methyl/N-ethyl adjacent to an activating group) is 2. The number of benzene rings is 3. The average molecular weight is 1080 g/mol. The van der Waals surface area contributed by atoms with Crippen molar-refractivity contribution in [3.8, 4) is 11.5 Å². The lowest BCUT2D eigenvalue weighted by molar-refractivity contribution is 0.0696. The van der Waals surface area contributed by atoms with E-state index in [9.17, 15) is 40.6 Å². The van der Waals surface area contributed by atoms with Crippen LogP contribution in [0.1, 0.15) is 116 Å². The van der Waals surface area contributed by atoms with Crippen molar-refractivity contribution in [1.82, 2.24) is 44.8 Å². The number of carbonyl (C=O) groups excluding carboxylic acids is 1. The Morgan fingerprint density at radius 2 is 1.54 bits per heavy atom. The van der Waals surface area contributed by atoms with Gasteiger partial charge in [-0.25, -0.2) is 14.1 Å². The highest BCUT2D eigenvalue weighted by molar-refractivity contribution is 7.86.